The third-order valence-corrected chi connectivity index (χ3v) is 11.1. The molecule has 30 heteroatoms. The Balaban J connectivity index is 0.000000513. The van der Waals surface area contributed by atoms with Crippen molar-refractivity contribution in [2.24, 2.45) is 0 Å². The highest BCUT2D eigenvalue weighted by Gasteiger charge is 2.24. The van der Waals surface area contributed by atoms with Crippen molar-refractivity contribution < 1.29 is 128 Å². The van der Waals surface area contributed by atoms with Crippen molar-refractivity contribution in [3.05, 3.63) is 119 Å². The number of hydrogen-bond acceptors (Lipinski definition) is 20. The normalized spacial score (nSPS) is 11.0. The molecule has 0 radical (unpaired) electrons. The molecule has 5 rings (SSSR count). The smallest absolute Gasteiger partial charge is 0.345 e. The minimum atomic E-state index is -4.28. The molecular formula is C52H59ClO27S2. The van der Waals surface area contributed by atoms with E-state index in [2.05, 4.69) is 5.92 Å². The average Bonchev–Trinajstić information content (AvgIpc) is 3.44. The molecule has 0 bridgehead atoms. The summed E-state index contributed by atoms with van der Waals surface area (Å²) in [6.07, 6.45) is 2.16. The summed E-state index contributed by atoms with van der Waals surface area (Å²) in [7, 11) is -0.811. The summed E-state index contributed by atoms with van der Waals surface area (Å²) in [6, 6.07) is 27.0. The van der Waals surface area contributed by atoms with Crippen LogP contribution in [0.25, 0.3) is 0 Å². The van der Waals surface area contributed by atoms with Crippen LogP contribution in [0, 0.1) is 12.3 Å². The van der Waals surface area contributed by atoms with Crippen molar-refractivity contribution in [3.8, 4) is 69.8 Å². The molecule has 0 saturated heterocycles. The summed E-state index contributed by atoms with van der Waals surface area (Å²) in [5.74, 6) is -1.34. The number of ether oxygens (including phenoxy) is 10. The van der Waals surface area contributed by atoms with Crippen LogP contribution in [0.1, 0.15) is 28.8 Å². The standard InChI is InChI=1S/C11H12O6.C11H16O5S.C11H10O4.C10H9ClO6.C9H12O6S/c1-16-7-4-2-3-5-8(7)17-9(11(14)15)6-10(12)13;1-15-10-5-6-11(16-2)9(8-10)4-3-7-17(12,13)14;1-3-7-15-10-8(11(12)13)5-4-6-9(10)14-2;11-7-3-6(16-4-9(12)13)1-2-8(7)17-5-10(14)15;1-14-7-4-2-3-5-8(7)15-9(10)6-16(11,12)13/h2-5,9H,6H2,1H3,(H,12,13)(H,14,15);5-6,8H,3-4,7H2,1-2H3,(H,12,13,14);1,4-6H,7H2,2H3,(H,12,13);1-3H,4-5H2,(H,12,13)(H,14,15);2-5,9-10H,6H2,1H3,(H,11,12,13). The summed E-state index contributed by atoms with van der Waals surface area (Å²) in [5, 5.41) is 52.5. The van der Waals surface area contributed by atoms with Crippen LogP contribution in [0.5, 0.6) is 57.5 Å². The van der Waals surface area contributed by atoms with Crippen LogP contribution in [-0.4, -0.2) is 166 Å². The molecule has 0 aliphatic carbocycles. The molecular weight excluding hydrogens is 1160 g/mol. The van der Waals surface area contributed by atoms with Gasteiger partial charge >= 0.3 is 29.8 Å². The summed E-state index contributed by atoms with van der Waals surface area (Å²) >= 11 is 5.78. The zero-order valence-electron chi connectivity index (χ0n) is 44.2. The molecule has 0 aromatic heterocycles. The van der Waals surface area contributed by atoms with E-state index >= 15 is 0 Å². The van der Waals surface area contributed by atoms with E-state index in [1.165, 1.54) is 57.7 Å². The zero-order valence-corrected chi connectivity index (χ0v) is 46.6. The van der Waals surface area contributed by atoms with Crippen LogP contribution in [0.2, 0.25) is 5.02 Å². The van der Waals surface area contributed by atoms with Gasteiger partial charge in [-0.2, -0.15) is 16.8 Å². The first kappa shape index (κ1) is 71.1. The average molecular weight is 1220 g/mol. The summed E-state index contributed by atoms with van der Waals surface area (Å²) in [5.41, 5.74) is 0.889. The number of carbonyl (C=O) groups is 5. The third-order valence-electron chi connectivity index (χ3n) is 9.34. The van der Waals surface area contributed by atoms with Crippen molar-refractivity contribution in [1.82, 2.24) is 0 Å². The number of aliphatic hydroxyl groups excluding tert-OH is 1. The van der Waals surface area contributed by atoms with Crippen LogP contribution in [0.15, 0.2) is 103 Å². The molecule has 0 heterocycles. The predicted octanol–water partition coefficient (Wildman–Crippen LogP) is 5.48. The molecule has 0 fully saturated rings. The number of rotatable bonds is 27. The number of carboxylic acids is 5. The van der Waals surface area contributed by atoms with Gasteiger partial charge in [-0.15, -0.1) is 6.42 Å². The summed E-state index contributed by atoms with van der Waals surface area (Å²) in [4.78, 5) is 52.7. The van der Waals surface area contributed by atoms with Crippen molar-refractivity contribution in [2.75, 3.05) is 66.9 Å². The minimum absolute atomic E-state index is 0.000648. The Hall–Kier alpha value is -8.92. The van der Waals surface area contributed by atoms with Crippen molar-refractivity contribution in [3.63, 3.8) is 0 Å². The quantitative estimate of drug-likeness (QED) is 0.0183. The number of aliphatic hydroxyl groups is 1. The number of hydrogen-bond donors (Lipinski definition) is 8. The third kappa shape index (κ3) is 29.3. The van der Waals surface area contributed by atoms with E-state index in [1.54, 1.807) is 80.9 Å². The highest BCUT2D eigenvalue weighted by Crippen LogP contribution is 2.32. The van der Waals surface area contributed by atoms with Crippen LogP contribution in [-0.2, 0) is 45.8 Å². The highest BCUT2D eigenvalue weighted by atomic mass is 35.5. The van der Waals surface area contributed by atoms with Gasteiger partial charge in [-0.3, -0.25) is 13.9 Å². The Labute approximate surface area is 475 Å². The maximum absolute atomic E-state index is 10.9. The molecule has 0 saturated carbocycles. The van der Waals surface area contributed by atoms with Crippen LogP contribution < -0.4 is 47.4 Å². The molecule has 27 nitrogen and oxygen atoms in total. The highest BCUT2D eigenvalue weighted by molar-refractivity contribution is 7.86. The Morgan fingerprint density at radius 1 is 0.573 bits per heavy atom. The monoisotopic (exact) mass is 1210 g/mol. The number of carboxylic acid groups (broad SMARTS) is 5. The number of para-hydroxylation sites is 5. The molecule has 0 amide bonds. The number of methoxy groups -OCH3 is 5. The fourth-order valence-electron chi connectivity index (χ4n) is 5.89. The Kier molecular flexibility index (Phi) is 32.2. The lowest BCUT2D eigenvalue weighted by Crippen LogP contribution is -2.29. The van der Waals surface area contributed by atoms with Crippen LogP contribution >= 0.6 is 11.6 Å². The van der Waals surface area contributed by atoms with Gasteiger partial charge < -0.3 is 78.0 Å². The van der Waals surface area contributed by atoms with Crippen LogP contribution in [0.3, 0.4) is 0 Å². The number of aromatic carboxylic acids is 1. The molecule has 0 aliphatic rings. The number of benzene rings is 5. The van der Waals surface area contributed by atoms with Gasteiger partial charge in [-0.1, -0.05) is 47.9 Å². The lowest BCUT2D eigenvalue weighted by Gasteiger charge is -2.15. The summed E-state index contributed by atoms with van der Waals surface area (Å²) in [6.45, 7) is -0.985. The van der Waals surface area contributed by atoms with Gasteiger partial charge in [-0.25, -0.2) is 19.2 Å². The molecule has 0 spiro atoms. The van der Waals surface area contributed by atoms with E-state index in [0.29, 0.717) is 41.6 Å². The topological polar surface area (TPSA) is 408 Å². The maximum atomic E-state index is 10.9. The van der Waals surface area contributed by atoms with E-state index in [0.717, 1.165) is 5.56 Å². The molecule has 2 unspecified atom stereocenters. The Morgan fingerprint density at radius 3 is 1.55 bits per heavy atom. The molecule has 5 aromatic rings. The predicted molar refractivity (Wildman–Crippen MR) is 290 cm³/mol. The SMILES string of the molecule is C#CCOc1c(OC)cccc1C(=O)O.COc1ccc(OC)c(CCCS(=O)(=O)O)c1.COc1ccccc1OC(CC(=O)O)C(=O)O.COc1ccccc1OC(O)CS(=O)(=O)O.O=C(O)COc1ccc(OCC(=O)O)c(Cl)c1. The van der Waals surface area contributed by atoms with Gasteiger partial charge in [0, 0.05) is 6.07 Å². The number of aliphatic carboxylic acids is 4. The summed E-state index contributed by atoms with van der Waals surface area (Å²) < 4.78 is 109. The van der Waals surface area contributed by atoms with Gasteiger partial charge in [0.2, 0.25) is 12.4 Å². The molecule has 5 aromatic carbocycles. The van der Waals surface area contributed by atoms with Crippen molar-refractivity contribution in [1.29, 1.82) is 0 Å². The van der Waals surface area contributed by atoms with E-state index in [1.807, 2.05) is 0 Å². The first-order valence-corrected chi connectivity index (χ1v) is 26.5. The lowest BCUT2D eigenvalue weighted by molar-refractivity contribution is -0.151. The van der Waals surface area contributed by atoms with E-state index in [9.17, 15) is 45.9 Å². The van der Waals surface area contributed by atoms with Crippen LogP contribution in [0.4, 0.5) is 0 Å². The number of halogens is 1. The number of terminal acetylenes is 1. The fourth-order valence-corrected chi connectivity index (χ4v) is 7.05. The second-order valence-electron chi connectivity index (χ2n) is 15.3. The van der Waals surface area contributed by atoms with Crippen molar-refractivity contribution in [2.45, 2.75) is 31.7 Å². The second kappa shape index (κ2) is 37.1. The van der Waals surface area contributed by atoms with Gasteiger partial charge in [0.05, 0.1) is 52.7 Å². The zero-order chi connectivity index (χ0) is 62.0. The molecule has 8 N–H and O–H groups in total. The van der Waals surface area contributed by atoms with Gasteiger partial charge in [0.1, 0.15) is 40.9 Å². The molecule has 0 aliphatic heterocycles. The first-order chi connectivity index (χ1) is 38.6. The van der Waals surface area contributed by atoms with E-state index in [4.69, 9.17) is 100 Å². The molecule has 82 heavy (non-hydrogen) atoms. The van der Waals surface area contributed by atoms with E-state index < -0.39 is 87.9 Å². The largest absolute Gasteiger partial charge is 0.497 e. The van der Waals surface area contributed by atoms with E-state index in [-0.39, 0.29) is 51.7 Å². The van der Waals surface area contributed by atoms with Crippen molar-refractivity contribution >= 4 is 61.7 Å². The Morgan fingerprint density at radius 2 is 1.09 bits per heavy atom. The van der Waals surface area contributed by atoms with Gasteiger partial charge in [-0.05, 0) is 85.1 Å². The van der Waals surface area contributed by atoms with Gasteiger partial charge in [0.25, 0.3) is 20.2 Å². The second-order valence-corrected chi connectivity index (χ2v) is 18.8. The fraction of sp³-hybridized carbons (Fsp3) is 0.288. The Bertz CT molecular complexity index is 3130. The first-order valence-electron chi connectivity index (χ1n) is 22.9. The molecule has 2 atom stereocenters. The minimum Gasteiger partial charge on any atom is -0.497 e. The number of aryl methyl sites for hydroxylation is 1. The maximum Gasteiger partial charge on any atom is 0.345 e. The molecule has 448 valence electrons. The lowest BCUT2D eigenvalue weighted by atomic mass is 10.1. The van der Waals surface area contributed by atoms with Gasteiger partial charge in [0.15, 0.2) is 47.7 Å².